The number of hydrogen-bond acceptors (Lipinski definition) is 2. The third kappa shape index (κ3) is 2.03. The summed E-state index contributed by atoms with van der Waals surface area (Å²) < 4.78 is 5.56. The average Bonchev–Trinajstić information content (AvgIpc) is 2.66. The molecule has 1 heterocycles. The van der Waals surface area contributed by atoms with Gasteiger partial charge in [0.15, 0.2) is 0 Å². The van der Waals surface area contributed by atoms with Gasteiger partial charge in [-0.3, -0.25) is 4.90 Å². The van der Waals surface area contributed by atoms with Crippen molar-refractivity contribution >= 4 is 5.57 Å². The topological polar surface area (TPSA) is 12.5 Å². The summed E-state index contributed by atoms with van der Waals surface area (Å²) in [6.07, 6.45) is 5.04. The van der Waals surface area contributed by atoms with Crippen molar-refractivity contribution in [2.75, 3.05) is 26.7 Å². The fourth-order valence-corrected chi connectivity index (χ4v) is 2.70. The van der Waals surface area contributed by atoms with Crippen LogP contribution < -0.4 is 0 Å². The van der Waals surface area contributed by atoms with Crippen molar-refractivity contribution in [3.8, 4) is 0 Å². The molecule has 1 fully saturated rings. The number of hydrogen-bond donors (Lipinski definition) is 0. The van der Waals surface area contributed by atoms with Crippen LogP contribution in [0.2, 0.25) is 0 Å². The van der Waals surface area contributed by atoms with E-state index in [0.29, 0.717) is 0 Å². The van der Waals surface area contributed by atoms with E-state index in [1.165, 1.54) is 36.2 Å². The Morgan fingerprint density at radius 3 is 2.88 bits per heavy atom. The van der Waals surface area contributed by atoms with E-state index in [1.807, 2.05) is 0 Å². The lowest BCUT2D eigenvalue weighted by Crippen LogP contribution is -2.37. The first-order valence-electron chi connectivity index (χ1n) is 6.42. The van der Waals surface area contributed by atoms with Gasteiger partial charge >= 0.3 is 0 Å². The van der Waals surface area contributed by atoms with E-state index in [0.717, 1.165) is 13.0 Å². The lowest BCUT2D eigenvalue weighted by Gasteiger charge is -2.29. The van der Waals surface area contributed by atoms with Crippen LogP contribution in [0.4, 0.5) is 0 Å². The SMILES string of the molecule is CO[C@H]1C/C(=C\CN2CCC2)c2ccccc21. The van der Waals surface area contributed by atoms with Crippen LogP contribution in [0.25, 0.3) is 5.57 Å². The summed E-state index contributed by atoms with van der Waals surface area (Å²) in [6.45, 7) is 3.62. The molecule has 2 nitrogen and oxygen atoms in total. The van der Waals surface area contributed by atoms with Crippen LogP contribution in [0.15, 0.2) is 30.3 Å². The maximum absolute atomic E-state index is 5.56. The van der Waals surface area contributed by atoms with E-state index in [4.69, 9.17) is 4.74 Å². The summed E-state index contributed by atoms with van der Waals surface area (Å²) in [5, 5.41) is 0. The largest absolute Gasteiger partial charge is 0.376 e. The summed E-state index contributed by atoms with van der Waals surface area (Å²) in [7, 11) is 1.81. The molecule has 0 spiro atoms. The van der Waals surface area contributed by atoms with Crippen molar-refractivity contribution in [3.63, 3.8) is 0 Å². The van der Waals surface area contributed by atoms with Gasteiger partial charge in [0.2, 0.25) is 0 Å². The van der Waals surface area contributed by atoms with E-state index in [9.17, 15) is 0 Å². The second-order valence-electron chi connectivity index (χ2n) is 4.90. The zero-order chi connectivity index (χ0) is 11.7. The Labute approximate surface area is 103 Å². The molecule has 1 aromatic carbocycles. The van der Waals surface area contributed by atoms with Crippen molar-refractivity contribution in [2.24, 2.45) is 0 Å². The summed E-state index contributed by atoms with van der Waals surface area (Å²) in [6, 6.07) is 8.63. The second-order valence-corrected chi connectivity index (χ2v) is 4.90. The van der Waals surface area contributed by atoms with Gasteiger partial charge in [-0.1, -0.05) is 30.3 Å². The molecule has 1 saturated heterocycles. The maximum atomic E-state index is 5.56. The molecule has 1 atom stereocenters. The van der Waals surface area contributed by atoms with Crippen molar-refractivity contribution in [1.29, 1.82) is 0 Å². The van der Waals surface area contributed by atoms with Crippen LogP contribution >= 0.6 is 0 Å². The van der Waals surface area contributed by atoms with Crippen LogP contribution in [0, 0.1) is 0 Å². The number of fused-ring (bicyclic) bond motifs is 1. The first-order valence-corrected chi connectivity index (χ1v) is 6.42. The van der Waals surface area contributed by atoms with Crippen molar-refractivity contribution in [1.82, 2.24) is 4.90 Å². The average molecular weight is 229 g/mol. The van der Waals surface area contributed by atoms with Gasteiger partial charge in [-0.15, -0.1) is 0 Å². The highest BCUT2D eigenvalue weighted by Gasteiger charge is 2.25. The van der Waals surface area contributed by atoms with Gasteiger partial charge in [-0.2, -0.15) is 0 Å². The number of rotatable bonds is 3. The van der Waals surface area contributed by atoms with Gasteiger partial charge in [0.25, 0.3) is 0 Å². The van der Waals surface area contributed by atoms with Gasteiger partial charge in [0.05, 0.1) is 6.10 Å². The molecule has 0 saturated carbocycles. The monoisotopic (exact) mass is 229 g/mol. The van der Waals surface area contributed by atoms with Gasteiger partial charge < -0.3 is 4.74 Å². The van der Waals surface area contributed by atoms with Crippen LogP contribution in [0.5, 0.6) is 0 Å². The molecule has 0 unspecified atom stereocenters. The molecule has 0 bridgehead atoms. The fraction of sp³-hybridized carbons (Fsp3) is 0.467. The van der Waals surface area contributed by atoms with Gasteiger partial charge in [-0.05, 0) is 36.2 Å². The predicted octanol–water partition coefficient (Wildman–Crippen LogP) is 2.87. The van der Waals surface area contributed by atoms with E-state index in [-0.39, 0.29) is 6.10 Å². The summed E-state index contributed by atoms with van der Waals surface area (Å²) in [4.78, 5) is 2.48. The molecule has 1 aliphatic carbocycles. The molecule has 0 amide bonds. The molecule has 17 heavy (non-hydrogen) atoms. The Morgan fingerprint density at radius 1 is 1.35 bits per heavy atom. The highest BCUT2D eigenvalue weighted by molar-refractivity contribution is 5.73. The molecule has 0 radical (unpaired) electrons. The quantitative estimate of drug-likeness (QED) is 0.790. The van der Waals surface area contributed by atoms with Crippen LogP contribution in [-0.2, 0) is 4.74 Å². The second kappa shape index (κ2) is 4.63. The van der Waals surface area contributed by atoms with E-state index < -0.39 is 0 Å². The molecule has 1 aromatic rings. The van der Waals surface area contributed by atoms with Crippen LogP contribution in [-0.4, -0.2) is 31.6 Å². The number of ether oxygens (including phenoxy) is 1. The van der Waals surface area contributed by atoms with Crippen molar-refractivity contribution < 1.29 is 4.74 Å². The minimum atomic E-state index is 0.258. The molecule has 1 aliphatic heterocycles. The molecule has 0 N–H and O–H groups in total. The highest BCUT2D eigenvalue weighted by atomic mass is 16.5. The van der Waals surface area contributed by atoms with E-state index in [1.54, 1.807) is 7.11 Å². The molecule has 2 heteroatoms. The minimum absolute atomic E-state index is 0.258. The van der Waals surface area contributed by atoms with Gasteiger partial charge in [-0.25, -0.2) is 0 Å². The normalized spacial score (nSPS) is 25.9. The Bertz CT molecular complexity index is 434. The lowest BCUT2D eigenvalue weighted by atomic mass is 10.1. The first kappa shape index (κ1) is 11.0. The Balaban J connectivity index is 1.82. The molecular formula is C15H19NO. The van der Waals surface area contributed by atoms with Gasteiger partial charge in [0.1, 0.15) is 0 Å². The third-order valence-corrected chi connectivity index (χ3v) is 3.89. The summed E-state index contributed by atoms with van der Waals surface area (Å²) in [5.41, 5.74) is 4.20. The number of likely N-dealkylation sites (tertiary alicyclic amines) is 1. The zero-order valence-corrected chi connectivity index (χ0v) is 10.4. The number of nitrogens with zero attached hydrogens (tertiary/aromatic N) is 1. The lowest BCUT2D eigenvalue weighted by molar-refractivity contribution is 0.112. The molecule has 2 aliphatic rings. The summed E-state index contributed by atoms with van der Waals surface area (Å²) in [5.74, 6) is 0. The van der Waals surface area contributed by atoms with Crippen molar-refractivity contribution in [2.45, 2.75) is 18.9 Å². The van der Waals surface area contributed by atoms with Crippen LogP contribution in [0.3, 0.4) is 0 Å². The Kier molecular flexibility index (Phi) is 3.00. The highest BCUT2D eigenvalue weighted by Crippen LogP contribution is 2.41. The Morgan fingerprint density at radius 2 is 2.18 bits per heavy atom. The fourth-order valence-electron chi connectivity index (χ4n) is 2.70. The molecule has 90 valence electrons. The maximum Gasteiger partial charge on any atom is 0.0867 e. The first-order chi connectivity index (χ1) is 8.38. The van der Waals surface area contributed by atoms with Crippen molar-refractivity contribution in [3.05, 3.63) is 41.5 Å². The minimum Gasteiger partial charge on any atom is -0.376 e. The molecule has 3 rings (SSSR count). The van der Waals surface area contributed by atoms with E-state index in [2.05, 4.69) is 35.2 Å². The molecular weight excluding hydrogens is 210 g/mol. The summed E-state index contributed by atoms with van der Waals surface area (Å²) >= 11 is 0. The zero-order valence-electron chi connectivity index (χ0n) is 10.4. The smallest absolute Gasteiger partial charge is 0.0867 e. The Hall–Kier alpha value is -1.12. The standard InChI is InChI=1S/C15H19NO/c1-17-15-11-12(7-10-16-8-4-9-16)13-5-2-3-6-14(13)15/h2-3,5-7,15H,4,8-11H2,1H3/b12-7+/t15-/m0/s1. The van der Waals surface area contributed by atoms with Gasteiger partial charge in [0, 0.05) is 20.1 Å². The van der Waals surface area contributed by atoms with E-state index >= 15 is 0 Å². The number of benzene rings is 1. The van der Waals surface area contributed by atoms with Crippen LogP contribution in [0.1, 0.15) is 30.1 Å². The number of methoxy groups -OCH3 is 1. The molecule has 0 aromatic heterocycles. The predicted molar refractivity (Wildman–Crippen MR) is 69.8 cm³/mol. The third-order valence-electron chi connectivity index (χ3n) is 3.89.